The fourth-order valence-electron chi connectivity index (χ4n) is 3.18. The van der Waals surface area contributed by atoms with Gasteiger partial charge in [-0.05, 0) is 49.1 Å². The third-order valence-electron chi connectivity index (χ3n) is 5.04. The number of benzene rings is 1. The van der Waals surface area contributed by atoms with E-state index in [9.17, 15) is 18.8 Å². The zero-order valence-electron chi connectivity index (χ0n) is 16.9. The molecule has 1 aromatic carbocycles. The smallest absolute Gasteiger partial charge is 0.268 e. The van der Waals surface area contributed by atoms with Crippen LogP contribution in [0.1, 0.15) is 19.4 Å². The van der Waals surface area contributed by atoms with Crippen molar-refractivity contribution >= 4 is 21.4 Å². The highest BCUT2D eigenvalue weighted by Crippen LogP contribution is 2.39. The quantitative estimate of drug-likeness (QED) is 0.421. The summed E-state index contributed by atoms with van der Waals surface area (Å²) >= 11 is 1.32. The van der Waals surface area contributed by atoms with Gasteiger partial charge in [0.05, 0.1) is 11.5 Å². The highest BCUT2D eigenvalue weighted by atomic mass is 32.1. The van der Waals surface area contributed by atoms with Gasteiger partial charge < -0.3 is 9.30 Å². The highest BCUT2D eigenvalue weighted by Gasteiger charge is 2.24. The SMILES string of the molecule is Cn1cc(-c2cc(C(C)(C)C#N)cnc2Oc2ccc(F)cc2F)c2ccsc2c1=O. The third kappa shape index (κ3) is 3.68. The number of nitrogens with zero attached hydrogens (tertiary/aromatic N) is 3. The first-order valence-corrected chi connectivity index (χ1v) is 10.2. The van der Waals surface area contributed by atoms with E-state index in [1.165, 1.54) is 28.2 Å². The van der Waals surface area contributed by atoms with Crippen molar-refractivity contribution < 1.29 is 13.5 Å². The fraction of sp³-hybridized carbons (Fsp3) is 0.174. The van der Waals surface area contributed by atoms with E-state index in [0.717, 1.165) is 12.1 Å². The number of nitriles is 1. The number of thiophene rings is 1. The summed E-state index contributed by atoms with van der Waals surface area (Å²) in [5, 5.41) is 12.1. The van der Waals surface area contributed by atoms with E-state index in [-0.39, 0.29) is 17.2 Å². The monoisotopic (exact) mass is 437 g/mol. The van der Waals surface area contributed by atoms with Crippen molar-refractivity contribution in [3.8, 4) is 28.8 Å². The molecule has 0 amide bonds. The number of hydrogen-bond donors (Lipinski definition) is 0. The molecule has 156 valence electrons. The molecule has 4 rings (SSSR count). The molecule has 3 heterocycles. The van der Waals surface area contributed by atoms with E-state index >= 15 is 0 Å². The fourth-order valence-corrected chi connectivity index (χ4v) is 4.07. The summed E-state index contributed by atoms with van der Waals surface area (Å²) in [5.41, 5.74) is 0.800. The average Bonchev–Trinajstić information content (AvgIpc) is 3.23. The molecule has 0 atom stereocenters. The molecule has 0 N–H and O–H groups in total. The van der Waals surface area contributed by atoms with Crippen LogP contribution in [0, 0.1) is 23.0 Å². The highest BCUT2D eigenvalue weighted by molar-refractivity contribution is 7.17. The minimum atomic E-state index is -0.865. The van der Waals surface area contributed by atoms with E-state index in [0.29, 0.717) is 26.8 Å². The summed E-state index contributed by atoms with van der Waals surface area (Å²) in [5.74, 6) is -1.69. The maximum Gasteiger partial charge on any atom is 0.268 e. The van der Waals surface area contributed by atoms with Crippen LogP contribution in [-0.4, -0.2) is 9.55 Å². The van der Waals surface area contributed by atoms with Gasteiger partial charge >= 0.3 is 0 Å². The van der Waals surface area contributed by atoms with Crippen molar-refractivity contribution in [1.29, 1.82) is 5.26 Å². The summed E-state index contributed by atoms with van der Waals surface area (Å²) < 4.78 is 35.3. The Bertz CT molecular complexity index is 1420. The number of fused-ring (bicyclic) bond motifs is 1. The molecule has 0 fully saturated rings. The average molecular weight is 437 g/mol. The lowest BCUT2D eigenvalue weighted by molar-refractivity contribution is 0.424. The second-order valence-electron chi connectivity index (χ2n) is 7.61. The van der Waals surface area contributed by atoms with Crippen LogP contribution in [0.3, 0.4) is 0 Å². The second kappa shape index (κ2) is 7.60. The van der Waals surface area contributed by atoms with Gasteiger partial charge in [0.1, 0.15) is 10.5 Å². The van der Waals surface area contributed by atoms with Crippen molar-refractivity contribution in [2.24, 2.45) is 7.05 Å². The predicted molar refractivity (Wildman–Crippen MR) is 115 cm³/mol. The van der Waals surface area contributed by atoms with Crippen LogP contribution >= 0.6 is 11.3 Å². The summed E-state index contributed by atoms with van der Waals surface area (Å²) in [6, 6.07) is 8.82. The number of aromatic nitrogens is 2. The number of ether oxygens (including phenoxy) is 1. The van der Waals surface area contributed by atoms with Gasteiger partial charge in [0.15, 0.2) is 11.6 Å². The standard InChI is InChI=1S/C23H17F2N3O2S/c1-23(2,12-26)13-8-16(17-11-28(3)22(29)20-15(17)6-7-31-20)21(27-10-13)30-19-5-4-14(24)9-18(19)25/h4-11H,1-3H3. The Balaban J connectivity index is 1.98. The van der Waals surface area contributed by atoms with Crippen LogP contribution in [0.4, 0.5) is 8.78 Å². The molecule has 31 heavy (non-hydrogen) atoms. The minimum Gasteiger partial charge on any atom is -0.435 e. The molecular weight excluding hydrogens is 420 g/mol. The van der Waals surface area contributed by atoms with E-state index in [1.807, 2.05) is 11.4 Å². The first-order valence-electron chi connectivity index (χ1n) is 9.33. The van der Waals surface area contributed by atoms with Crippen LogP contribution in [0.15, 0.2) is 52.9 Å². The van der Waals surface area contributed by atoms with Crippen LogP contribution in [-0.2, 0) is 12.5 Å². The first kappa shape index (κ1) is 20.7. The van der Waals surface area contributed by atoms with E-state index in [1.54, 1.807) is 33.2 Å². The van der Waals surface area contributed by atoms with Gasteiger partial charge in [0.25, 0.3) is 5.56 Å². The van der Waals surface area contributed by atoms with Gasteiger partial charge in [-0.3, -0.25) is 4.79 Å². The molecule has 5 nitrogen and oxygen atoms in total. The van der Waals surface area contributed by atoms with Gasteiger partial charge in [-0.1, -0.05) is 0 Å². The molecular formula is C23H17F2N3O2S. The van der Waals surface area contributed by atoms with Crippen molar-refractivity contribution in [3.05, 3.63) is 75.7 Å². The van der Waals surface area contributed by atoms with E-state index in [2.05, 4.69) is 11.1 Å². The Morgan fingerprint density at radius 3 is 2.68 bits per heavy atom. The zero-order chi connectivity index (χ0) is 22.3. The van der Waals surface area contributed by atoms with Crippen molar-refractivity contribution in [2.45, 2.75) is 19.3 Å². The lowest BCUT2D eigenvalue weighted by atomic mass is 9.86. The molecule has 0 aliphatic carbocycles. The van der Waals surface area contributed by atoms with Gasteiger partial charge in [0, 0.05) is 42.0 Å². The maximum absolute atomic E-state index is 14.2. The predicted octanol–water partition coefficient (Wildman–Crippen LogP) is 5.53. The molecule has 0 saturated carbocycles. The molecule has 0 saturated heterocycles. The molecule has 4 aromatic rings. The third-order valence-corrected chi connectivity index (χ3v) is 5.94. The minimum absolute atomic E-state index is 0.0779. The summed E-state index contributed by atoms with van der Waals surface area (Å²) in [7, 11) is 1.64. The Labute approximate surface area is 180 Å². The van der Waals surface area contributed by atoms with Crippen molar-refractivity contribution in [3.63, 3.8) is 0 Å². The zero-order valence-corrected chi connectivity index (χ0v) is 17.8. The number of rotatable bonds is 4. The first-order chi connectivity index (χ1) is 14.7. The van der Waals surface area contributed by atoms with Crippen LogP contribution in [0.25, 0.3) is 21.2 Å². The van der Waals surface area contributed by atoms with Gasteiger partial charge in [-0.2, -0.15) is 5.26 Å². The van der Waals surface area contributed by atoms with E-state index in [4.69, 9.17) is 4.74 Å². The summed E-state index contributed by atoms with van der Waals surface area (Å²) in [6.45, 7) is 3.52. The molecule has 0 aliphatic heterocycles. The number of hydrogen-bond acceptors (Lipinski definition) is 5. The lowest BCUT2D eigenvalue weighted by Gasteiger charge is -2.19. The number of halogens is 2. The lowest BCUT2D eigenvalue weighted by Crippen LogP contribution is -2.16. The Morgan fingerprint density at radius 2 is 1.97 bits per heavy atom. The molecule has 0 bridgehead atoms. The van der Waals surface area contributed by atoms with Crippen LogP contribution in [0.5, 0.6) is 11.6 Å². The molecule has 3 aromatic heterocycles. The molecule has 0 aliphatic rings. The van der Waals surface area contributed by atoms with Gasteiger partial charge in [-0.25, -0.2) is 13.8 Å². The number of aryl methyl sites for hydroxylation is 1. The Kier molecular flexibility index (Phi) is 5.07. The normalized spacial score (nSPS) is 11.5. The summed E-state index contributed by atoms with van der Waals surface area (Å²) in [6.07, 6.45) is 3.15. The van der Waals surface area contributed by atoms with Gasteiger partial charge in [-0.15, -0.1) is 11.3 Å². The molecule has 0 unspecified atom stereocenters. The Hall–Kier alpha value is -3.57. The van der Waals surface area contributed by atoms with E-state index < -0.39 is 17.0 Å². The molecule has 8 heteroatoms. The van der Waals surface area contributed by atoms with Crippen LogP contribution < -0.4 is 10.3 Å². The van der Waals surface area contributed by atoms with Crippen molar-refractivity contribution in [1.82, 2.24) is 9.55 Å². The Morgan fingerprint density at radius 1 is 1.19 bits per heavy atom. The maximum atomic E-state index is 14.2. The molecule has 0 spiro atoms. The number of pyridine rings is 2. The second-order valence-corrected chi connectivity index (χ2v) is 8.53. The van der Waals surface area contributed by atoms with Crippen LogP contribution in [0.2, 0.25) is 0 Å². The van der Waals surface area contributed by atoms with Crippen molar-refractivity contribution in [2.75, 3.05) is 0 Å². The topological polar surface area (TPSA) is 67.9 Å². The molecule has 0 radical (unpaired) electrons. The largest absolute Gasteiger partial charge is 0.435 e. The summed E-state index contributed by atoms with van der Waals surface area (Å²) in [4.78, 5) is 16.8. The van der Waals surface area contributed by atoms with Gasteiger partial charge in [0.2, 0.25) is 5.88 Å².